The molecule has 1 fully saturated rings. The van der Waals surface area contributed by atoms with E-state index < -0.39 is 41.2 Å². The third-order valence-corrected chi connectivity index (χ3v) is 3.46. The zero-order chi connectivity index (χ0) is 18.1. The Morgan fingerprint density at radius 1 is 1.46 bits per heavy atom. The van der Waals surface area contributed by atoms with Crippen LogP contribution in [-0.2, 0) is 4.79 Å². The number of hydrogen-bond acceptors (Lipinski definition) is 5. The zero-order valence-electron chi connectivity index (χ0n) is 12.2. The molecule has 1 atom stereocenters. The lowest BCUT2D eigenvalue weighted by atomic mass is 10.1. The summed E-state index contributed by atoms with van der Waals surface area (Å²) in [7, 11) is 0. The molecule has 8 nitrogen and oxygen atoms in total. The van der Waals surface area contributed by atoms with Crippen molar-refractivity contribution in [2.75, 3.05) is 18.8 Å². The predicted molar refractivity (Wildman–Crippen MR) is 76.0 cm³/mol. The van der Waals surface area contributed by atoms with Crippen molar-refractivity contribution >= 4 is 23.2 Å². The van der Waals surface area contributed by atoms with Crippen LogP contribution in [0.3, 0.4) is 0 Å². The number of alkyl halides is 3. The molecule has 0 aromatic heterocycles. The van der Waals surface area contributed by atoms with Gasteiger partial charge in [0.1, 0.15) is 18.3 Å². The molecular formula is C13H13F3N4O4. The minimum absolute atomic E-state index is 0.0255. The minimum atomic E-state index is -4.52. The second-order valence-corrected chi connectivity index (χ2v) is 5.22. The number of carbonyl (C=O) groups is 2. The van der Waals surface area contributed by atoms with Crippen LogP contribution in [0.5, 0.6) is 0 Å². The number of anilines is 1. The van der Waals surface area contributed by atoms with E-state index >= 15 is 0 Å². The van der Waals surface area contributed by atoms with E-state index in [1.807, 2.05) is 0 Å². The summed E-state index contributed by atoms with van der Waals surface area (Å²) in [6.07, 6.45) is -4.50. The van der Waals surface area contributed by atoms with Gasteiger partial charge < -0.3 is 16.0 Å². The summed E-state index contributed by atoms with van der Waals surface area (Å²) in [4.78, 5) is 34.6. The highest BCUT2D eigenvalue weighted by Gasteiger charge is 2.39. The van der Waals surface area contributed by atoms with Crippen molar-refractivity contribution in [2.24, 2.45) is 0 Å². The molecule has 2 rings (SSSR count). The normalized spacial score (nSPS) is 17.9. The average Bonchev–Trinajstić information content (AvgIpc) is 2.78. The molecule has 1 heterocycles. The molecule has 130 valence electrons. The van der Waals surface area contributed by atoms with Gasteiger partial charge in [-0.3, -0.25) is 19.7 Å². The Kier molecular flexibility index (Phi) is 4.62. The number of nitrogens with one attached hydrogen (secondary N) is 1. The first-order chi connectivity index (χ1) is 11.1. The lowest BCUT2D eigenvalue weighted by molar-refractivity contribution is -0.383. The van der Waals surface area contributed by atoms with E-state index in [0.717, 1.165) is 6.07 Å². The first kappa shape index (κ1) is 17.5. The van der Waals surface area contributed by atoms with Crippen molar-refractivity contribution < 1.29 is 27.7 Å². The third-order valence-electron chi connectivity index (χ3n) is 3.46. The molecule has 24 heavy (non-hydrogen) atoms. The number of nitro groups is 1. The van der Waals surface area contributed by atoms with Gasteiger partial charge in [0.25, 0.3) is 11.6 Å². The highest BCUT2D eigenvalue weighted by Crippen LogP contribution is 2.23. The summed E-state index contributed by atoms with van der Waals surface area (Å²) >= 11 is 0. The highest BCUT2D eigenvalue weighted by atomic mass is 19.4. The van der Waals surface area contributed by atoms with E-state index in [4.69, 9.17) is 5.73 Å². The number of likely N-dealkylation sites (tertiary alicyclic amines) is 1. The van der Waals surface area contributed by atoms with Crippen LogP contribution >= 0.6 is 0 Å². The lowest BCUT2D eigenvalue weighted by Crippen LogP contribution is -2.43. The molecule has 11 heteroatoms. The predicted octanol–water partition coefficient (Wildman–Crippen LogP) is 1.07. The average molecular weight is 346 g/mol. The van der Waals surface area contributed by atoms with Crippen molar-refractivity contribution in [3.05, 3.63) is 33.9 Å². The van der Waals surface area contributed by atoms with Gasteiger partial charge in [0, 0.05) is 18.2 Å². The molecule has 0 aliphatic carbocycles. The van der Waals surface area contributed by atoms with Gasteiger partial charge in [-0.2, -0.15) is 13.2 Å². The molecule has 1 aliphatic heterocycles. The number of benzene rings is 1. The summed E-state index contributed by atoms with van der Waals surface area (Å²) < 4.78 is 37.0. The molecule has 1 aromatic carbocycles. The van der Waals surface area contributed by atoms with Crippen molar-refractivity contribution in [2.45, 2.75) is 18.6 Å². The molecule has 1 unspecified atom stereocenters. The number of rotatable bonds is 4. The van der Waals surface area contributed by atoms with Crippen molar-refractivity contribution in [3.8, 4) is 0 Å². The van der Waals surface area contributed by atoms with Crippen LogP contribution in [0.1, 0.15) is 16.8 Å². The van der Waals surface area contributed by atoms with Crippen LogP contribution in [-0.4, -0.2) is 46.9 Å². The monoisotopic (exact) mass is 346 g/mol. The maximum Gasteiger partial charge on any atom is 0.406 e. The zero-order valence-corrected chi connectivity index (χ0v) is 12.2. The van der Waals surface area contributed by atoms with Gasteiger partial charge in [-0.25, -0.2) is 0 Å². The molecule has 0 saturated carbocycles. The molecule has 0 radical (unpaired) electrons. The van der Waals surface area contributed by atoms with E-state index in [2.05, 4.69) is 5.32 Å². The van der Waals surface area contributed by atoms with Crippen LogP contribution in [0.25, 0.3) is 0 Å². The van der Waals surface area contributed by atoms with Gasteiger partial charge in [-0.1, -0.05) is 0 Å². The number of hydrogen-bond donors (Lipinski definition) is 2. The minimum Gasteiger partial charge on any atom is -0.393 e. The Bertz CT molecular complexity index is 692. The fraction of sp³-hybridized carbons (Fsp3) is 0.385. The van der Waals surface area contributed by atoms with E-state index in [0.29, 0.717) is 4.90 Å². The van der Waals surface area contributed by atoms with E-state index in [-0.39, 0.29) is 24.2 Å². The van der Waals surface area contributed by atoms with Crippen LogP contribution < -0.4 is 11.1 Å². The Balaban J connectivity index is 2.07. The van der Waals surface area contributed by atoms with Crippen LogP contribution in [0.2, 0.25) is 0 Å². The number of carbonyl (C=O) groups excluding carboxylic acids is 2. The topological polar surface area (TPSA) is 119 Å². The fourth-order valence-corrected chi connectivity index (χ4v) is 2.33. The Morgan fingerprint density at radius 2 is 2.12 bits per heavy atom. The van der Waals surface area contributed by atoms with Gasteiger partial charge in [0.05, 0.1) is 4.92 Å². The van der Waals surface area contributed by atoms with Crippen molar-refractivity contribution in [3.63, 3.8) is 0 Å². The first-order valence-corrected chi connectivity index (χ1v) is 6.79. The number of nitrogens with two attached hydrogens (primary N) is 1. The quantitative estimate of drug-likeness (QED) is 0.480. The van der Waals surface area contributed by atoms with Gasteiger partial charge in [0.15, 0.2) is 0 Å². The summed E-state index contributed by atoms with van der Waals surface area (Å²) in [5.41, 5.74) is 4.69. The van der Waals surface area contributed by atoms with Gasteiger partial charge in [-0.05, 0) is 18.6 Å². The van der Waals surface area contributed by atoms with E-state index in [1.54, 1.807) is 0 Å². The molecule has 0 spiro atoms. The van der Waals surface area contributed by atoms with E-state index in [1.165, 1.54) is 12.1 Å². The molecule has 2 amide bonds. The summed E-state index contributed by atoms with van der Waals surface area (Å²) in [5.74, 6) is -1.64. The summed E-state index contributed by atoms with van der Waals surface area (Å²) in [6, 6.07) is 2.23. The maximum atomic E-state index is 12.3. The standard InChI is InChI=1S/C13H13F3N4O4/c14-13(15,16)6-19-4-3-9(12(19)22)18-11(21)7-1-2-8(17)10(5-7)20(23)24/h1-2,5,9H,3-4,6,17H2,(H,18,21). The largest absolute Gasteiger partial charge is 0.406 e. The van der Waals surface area contributed by atoms with E-state index in [9.17, 15) is 32.9 Å². The van der Waals surface area contributed by atoms with Crippen molar-refractivity contribution in [1.29, 1.82) is 0 Å². The van der Waals surface area contributed by atoms with Crippen LogP contribution in [0, 0.1) is 10.1 Å². The Morgan fingerprint density at radius 3 is 2.71 bits per heavy atom. The van der Waals surface area contributed by atoms with Gasteiger partial charge >= 0.3 is 6.18 Å². The summed E-state index contributed by atoms with van der Waals surface area (Å²) in [5, 5.41) is 13.1. The Labute approximate surface area is 133 Å². The SMILES string of the molecule is Nc1ccc(C(=O)NC2CCN(CC(F)(F)F)C2=O)cc1[N+](=O)[O-]. The third kappa shape index (κ3) is 3.91. The van der Waals surface area contributed by atoms with Crippen molar-refractivity contribution in [1.82, 2.24) is 10.2 Å². The molecular weight excluding hydrogens is 333 g/mol. The summed E-state index contributed by atoms with van der Waals surface area (Å²) in [6.45, 7) is -1.52. The maximum absolute atomic E-state index is 12.3. The fourth-order valence-electron chi connectivity index (χ4n) is 2.33. The second-order valence-electron chi connectivity index (χ2n) is 5.22. The molecule has 3 N–H and O–H groups in total. The first-order valence-electron chi connectivity index (χ1n) is 6.79. The number of amides is 2. The smallest absolute Gasteiger partial charge is 0.393 e. The molecule has 1 aliphatic rings. The molecule has 1 saturated heterocycles. The molecule has 1 aromatic rings. The van der Waals surface area contributed by atoms with Crippen LogP contribution in [0.4, 0.5) is 24.5 Å². The number of nitrogen functional groups attached to an aromatic ring is 1. The van der Waals surface area contributed by atoms with Gasteiger partial charge in [-0.15, -0.1) is 0 Å². The Hall–Kier alpha value is -2.85. The lowest BCUT2D eigenvalue weighted by Gasteiger charge is -2.18. The number of halogens is 3. The number of nitro benzene ring substituents is 1. The van der Waals surface area contributed by atoms with Gasteiger partial charge in [0.2, 0.25) is 5.91 Å². The second kappa shape index (κ2) is 6.34. The van der Waals surface area contributed by atoms with Crippen LogP contribution in [0.15, 0.2) is 18.2 Å². The molecule has 0 bridgehead atoms. The number of nitrogens with zero attached hydrogens (tertiary/aromatic N) is 2. The highest BCUT2D eigenvalue weighted by molar-refractivity contribution is 5.99.